The molecule has 1 aromatic rings. The molecule has 3 nitrogen and oxygen atoms in total. The molecule has 2 N–H and O–H groups in total. The molecule has 1 atom stereocenters. The minimum absolute atomic E-state index is 0.0399. The highest BCUT2D eigenvalue weighted by molar-refractivity contribution is 7.09. The number of aromatic nitrogens is 1. The molecular weight excluding hydrogens is 196 g/mol. The van der Waals surface area contributed by atoms with Gasteiger partial charge in [0.05, 0.1) is 12.6 Å². The van der Waals surface area contributed by atoms with Crippen molar-refractivity contribution < 1.29 is 5.11 Å². The summed E-state index contributed by atoms with van der Waals surface area (Å²) in [6.07, 6.45) is 6.89. The maximum Gasteiger partial charge on any atom is 0.112 e. The Morgan fingerprint density at radius 3 is 2.93 bits per heavy atom. The molecule has 0 bridgehead atoms. The number of thiazole rings is 1. The molecule has 1 aliphatic carbocycles. The summed E-state index contributed by atoms with van der Waals surface area (Å²) in [5, 5.41) is 15.7. The molecule has 1 unspecified atom stereocenters. The van der Waals surface area contributed by atoms with Crippen molar-refractivity contribution in [2.45, 2.75) is 37.8 Å². The molecule has 0 saturated heterocycles. The molecule has 1 aliphatic rings. The Hall–Kier alpha value is -0.450. The molecule has 0 amide bonds. The standard InChI is InChI=1S/C10H16N2OS/c13-7-9(10-11-5-6-14-10)12-8-3-1-2-4-8/h5-6,8-9,12-13H,1-4,7H2. The smallest absolute Gasteiger partial charge is 0.112 e. The molecule has 2 rings (SSSR count). The van der Waals surface area contributed by atoms with Gasteiger partial charge in [0.2, 0.25) is 0 Å². The van der Waals surface area contributed by atoms with Gasteiger partial charge in [-0.1, -0.05) is 12.8 Å². The van der Waals surface area contributed by atoms with E-state index in [1.807, 2.05) is 5.38 Å². The predicted octanol–water partition coefficient (Wildman–Crippen LogP) is 1.71. The lowest BCUT2D eigenvalue weighted by Crippen LogP contribution is -2.32. The van der Waals surface area contributed by atoms with E-state index < -0.39 is 0 Å². The molecule has 0 aliphatic heterocycles. The van der Waals surface area contributed by atoms with Crippen LogP contribution < -0.4 is 5.32 Å². The molecule has 1 aromatic heterocycles. The zero-order chi connectivity index (χ0) is 9.80. The number of hydrogen-bond acceptors (Lipinski definition) is 4. The lowest BCUT2D eigenvalue weighted by atomic mass is 10.2. The highest BCUT2D eigenvalue weighted by Crippen LogP contribution is 2.22. The summed E-state index contributed by atoms with van der Waals surface area (Å²) in [6, 6.07) is 0.620. The minimum atomic E-state index is 0.0399. The second kappa shape index (κ2) is 4.87. The highest BCUT2D eigenvalue weighted by Gasteiger charge is 2.20. The van der Waals surface area contributed by atoms with Crippen LogP contribution in [0.4, 0.5) is 0 Å². The van der Waals surface area contributed by atoms with Gasteiger partial charge in [0.1, 0.15) is 5.01 Å². The first-order chi connectivity index (χ1) is 6.90. The summed E-state index contributed by atoms with van der Waals surface area (Å²) < 4.78 is 0. The first kappa shape index (κ1) is 10.1. The van der Waals surface area contributed by atoms with Crippen LogP contribution in [-0.4, -0.2) is 22.7 Å². The number of rotatable bonds is 4. The van der Waals surface area contributed by atoms with Crippen molar-refractivity contribution in [2.75, 3.05) is 6.61 Å². The Kier molecular flexibility index (Phi) is 3.50. The van der Waals surface area contributed by atoms with Gasteiger partial charge in [-0.2, -0.15) is 0 Å². The van der Waals surface area contributed by atoms with Crippen molar-refractivity contribution in [1.29, 1.82) is 0 Å². The zero-order valence-electron chi connectivity index (χ0n) is 8.15. The summed E-state index contributed by atoms with van der Waals surface area (Å²) >= 11 is 1.61. The molecule has 4 heteroatoms. The van der Waals surface area contributed by atoms with E-state index in [2.05, 4.69) is 10.3 Å². The second-order valence-corrected chi connectivity index (χ2v) is 4.68. The average molecular weight is 212 g/mol. The predicted molar refractivity (Wildman–Crippen MR) is 57.3 cm³/mol. The number of nitrogens with one attached hydrogen (secondary N) is 1. The molecular formula is C10H16N2OS. The van der Waals surface area contributed by atoms with Crippen molar-refractivity contribution in [3.8, 4) is 0 Å². The number of aliphatic hydroxyl groups excluding tert-OH is 1. The fourth-order valence-corrected chi connectivity index (χ4v) is 2.68. The zero-order valence-corrected chi connectivity index (χ0v) is 8.96. The quantitative estimate of drug-likeness (QED) is 0.798. The second-order valence-electron chi connectivity index (χ2n) is 3.75. The Morgan fingerprint density at radius 2 is 2.36 bits per heavy atom. The van der Waals surface area contributed by atoms with Crippen LogP contribution in [-0.2, 0) is 0 Å². The van der Waals surface area contributed by atoms with Crippen LogP contribution in [0.1, 0.15) is 36.7 Å². The maximum atomic E-state index is 9.26. The van der Waals surface area contributed by atoms with Crippen molar-refractivity contribution >= 4 is 11.3 Å². The van der Waals surface area contributed by atoms with Crippen LogP contribution in [0.3, 0.4) is 0 Å². The highest BCUT2D eigenvalue weighted by atomic mass is 32.1. The maximum absolute atomic E-state index is 9.26. The fourth-order valence-electron chi connectivity index (χ4n) is 1.99. The molecule has 14 heavy (non-hydrogen) atoms. The van der Waals surface area contributed by atoms with Gasteiger partial charge in [-0.05, 0) is 12.8 Å². The van der Waals surface area contributed by atoms with E-state index >= 15 is 0 Å². The summed E-state index contributed by atoms with van der Waals surface area (Å²) in [7, 11) is 0. The third-order valence-electron chi connectivity index (χ3n) is 2.72. The van der Waals surface area contributed by atoms with Crippen LogP contribution in [0.2, 0.25) is 0 Å². The number of aliphatic hydroxyl groups is 1. The number of hydrogen-bond donors (Lipinski definition) is 2. The van der Waals surface area contributed by atoms with Crippen LogP contribution >= 0.6 is 11.3 Å². The van der Waals surface area contributed by atoms with Crippen LogP contribution in [0.25, 0.3) is 0 Å². The van der Waals surface area contributed by atoms with E-state index in [-0.39, 0.29) is 12.6 Å². The summed E-state index contributed by atoms with van der Waals surface area (Å²) in [5.41, 5.74) is 0. The molecule has 0 aromatic carbocycles. The number of nitrogens with zero attached hydrogens (tertiary/aromatic N) is 1. The molecule has 1 heterocycles. The van der Waals surface area contributed by atoms with Crippen LogP contribution in [0.15, 0.2) is 11.6 Å². The minimum Gasteiger partial charge on any atom is -0.394 e. The van der Waals surface area contributed by atoms with Crippen LogP contribution in [0.5, 0.6) is 0 Å². The first-order valence-electron chi connectivity index (χ1n) is 5.16. The Morgan fingerprint density at radius 1 is 1.57 bits per heavy atom. The van der Waals surface area contributed by atoms with Crippen molar-refractivity contribution in [1.82, 2.24) is 10.3 Å². The van der Waals surface area contributed by atoms with E-state index in [1.54, 1.807) is 17.5 Å². The Bertz CT molecular complexity index is 257. The Labute approximate surface area is 88.2 Å². The summed E-state index contributed by atoms with van der Waals surface area (Å²) in [6.45, 7) is 0.143. The summed E-state index contributed by atoms with van der Waals surface area (Å²) in [5.74, 6) is 0. The van der Waals surface area contributed by atoms with Gasteiger partial charge in [-0.15, -0.1) is 11.3 Å². The van der Waals surface area contributed by atoms with Gasteiger partial charge in [0, 0.05) is 17.6 Å². The van der Waals surface area contributed by atoms with E-state index in [9.17, 15) is 5.11 Å². The summed E-state index contributed by atoms with van der Waals surface area (Å²) in [4.78, 5) is 4.23. The van der Waals surface area contributed by atoms with Gasteiger partial charge in [-0.25, -0.2) is 4.98 Å². The van der Waals surface area contributed by atoms with Gasteiger partial charge >= 0.3 is 0 Å². The molecule has 1 saturated carbocycles. The SMILES string of the molecule is OCC(NC1CCCC1)c1nccs1. The van der Waals surface area contributed by atoms with E-state index in [4.69, 9.17) is 0 Å². The first-order valence-corrected chi connectivity index (χ1v) is 6.04. The fraction of sp³-hybridized carbons (Fsp3) is 0.700. The molecule has 78 valence electrons. The van der Waals surface area contributed by atoms with E-state index in [1.165, 1.54) is 25.7 Å². The van der Waals surface area contributed by atoms with Gasteiger partial charge in [0.25, 0.3) is 0 Å². The normalized spacial score (nSPS) is 20.1. The topological polar surface area (TPSA) is 45.1 Å². The average Bonchev–Trinajstić information content (AvgIpc) is 2.86. The third-order valence-corrected chi connectivity index (χ3v) is 3.61. The molecule has 1 fully saturated rings. The van der Waals surface area contributed by atoms with E-state index in [0.29, 0.717) is 6.04 Å². The largest absolute Gasteiger partial charge is 0.394 e. The molecule has 0 spiro atoms. The van der Waals surface area contributed by atoms with Gasteiger partial charge in [-0.3, -0.25) is 0 Å². The van der Waals surface area contributed by atoms with Crippen molar-refractivity contribution in [3.63, 3.8) is 0 Å². The van der Waals surface area contributed by atoms with Crippen molar-refractivity contribution in [3.05, 3.63) is 16.6 Å². The lowest BCUT2D eigenvalue weighted by molar-refractivity contribution is 0.232. The van der Waals surface area contributed by atoms with Gasteiger partial charge < -0.3 is 10.4 Å². The van der Waals surface area contributed by atoms with Gasteiger partial charge in [0.15, 0.2) is 0 Å². The molecule has 0 radical (unpaired) electrons. The van der Waals surface area contributed by atoms with Crippen LogP contribution in [0, 0.1) is 0 Å². The van der Waals surface area contributed by atoms with Crippen molar-refractivity contribution in [2.24, 2.45) is 0 Å². The third kappa shape index (κ3) is 2.32. The Balaban J connectivity index is 1.93. The monoisotopic (exact) mass is 212 g/mol. The lowest BCUT2D eigenvalue weighted by Gasteiger charge is -2.18. The van der Waals surface area contributed by atoms with E-state index in [0.717, 1.165) is 5.01 Å².